The molecule has 0 amide bonds. The highest BCUT2D eigenvalue weighted by Crippen LogP contribution is 2.09. The Kier molecular flexibility index (Phi) is 4.31. The third kappa shape index (κ3) is 2.94. The lowest BCUT2D eigenvalue weighted by atomic mass is 10.1. The Balaban J connectivity index is 2.44. The van der Waals surface area contributed by atoms with Crippen LogP contribution in [0.5, 0.6) is 0 Å². The van der Waals surface area contributed by atoms with Crippen molar-refractivity contribution in [2.45, 2.75) is 13.0 Å². The predicted octanol–water partition coefficient (Wildman–Crippen LogP) is -0.748. The molecule has 82 valence electrons. The molecular formula is C9H19N3O2. The number of hydrogen-bond acceptors (Lipinski definition) is 4. The molecule has 14 heavy (non-hydrogen) atoms. The summed E-state index contributed by atoms with van der Waals surface area (Å²) >= 11 is 0. The lowest BCUT2D eigenvalue weighted by Gasteiger charge is -2.35. The zero-order chi connectivity index (χ0) is 10.6. The van der Waals surface area contributed by atoms with E-state index in [-0.39, 0.29) is 24.4 Å². The molecule has 1 aliphatic heterocycles. The van der Waals surface area contributed by atoms with E-state index >= 15 is 0 Å². The molecule has 0 saturated carbocycles. The smallest absolute Gasteiger partial charge is 0.0947 e. The van der Waals surface area contributed by atoms with Gasteiger partial charge < -0.3 is 15.6 Å². The zero-order valence-electron chi connectivity index (χ0n) is 8.57. The number of aliphatic hydroxyl groups is 1. The largest absolute Gasteiger partial charge is 0.395 e. The van der Waals surface area contributed by atoms with E-state index in [1.165, 1.54) is 0 Å². The number of hydrogen-bond donors (Lipinski definition) is 3. The van der Waals surface area contributed by atoms with E-state index < -0.39 is 0 Å². The maximum absolute atomic E-state index is 9.11. The Labute approximate surface area is 84.3 Å². The highest BCUT2D eigenvalue weighted by Gasteiger charge is 2.24. The van der Waals surface area contributed by atoms with Gasteiger partial charge in [-0.15, -0.1) is 0 Å². The fraction of sp³-hybridized carbons (Fsp3) is 0.889. The average molecular weight is 201 g/mol. The number of nitrogens with zero attached hydrogens (tertiary/aromatic N) is 1. The van der Waals surface area contributed by atoms with Crippen molar-refractivity contribution in [3.63, 3.8) is 0 Å². The molecule has 0 aromatic heterocycles. The predicted molar refractivity (Wildman–Crippen MR) is 54.3 cm³/mol. The van der Waals surface area contributed by atoms with Crippen molar-refractivity contribution in [2.24, 2.45) is 11.7 Å². The van der Waals surface area contributed by atoms with Crippen LogP contribution in [0.2, 0.25) is 0 Å². The molecule has 0 aliphatic carbocycles. The Morgan fingerprint density at radius 3 is 3.07 bits per heavy atom. The Bertz CT molecular complexity index is 198. The lowest BCUT2D eigenvalue weighted by Crippen LogP contribution is -2.50. The molecule has 0 aromatic carbocycles. The van der Waals surface area contributed by atoms with Gasteiger partial charge >= 0.3 is 0 Å². The van der Waals surface area contributed by atoms with Crippen LogP contribution in [0.3, 0.4) is 0 Å². The Hall–Kier alpha value is -0.650. The molecule has 2 unspecified atom stereocenters. The maximum Gasteiger partial charge on any atom is 0.0947 e. The number of aliphatic hydroxyl groups excluding tert-OH is 1. The van der Waals surface area contributed by atoms with Crippen molar-refractivity contribution < 1.29 is 9.84 Å². The summed E-state index contributed by atoms with van der Waals surface area (Å²) in [7, 11) is 0. The van der Waals surface area contributed by atoms with Gasteiger partial charge in [0, 0.05) is 19.0 Å². The highest BCUT2D eigenvalue weighted by molar-refractivity contribution is 5.79. The standard InChI is InChI=1S/C9H19N3O2/c1-7(9(10)11)4-12-2-3-14-6-8(12)5-13/h7-8,13H,2-6H2,1H3,(H3,10,11). The second kappa shape index (κ2) is 5.29. The molecule has 1 heterocycles. The summed E-state index contributed by atoms with van der Waals surface area (Å²) in [4.78, 5) is 2.13. The fourth-order valence-corrected chi connectivity index (χ4v) is 1.55. The van der Waals surface area contributed by atoms with Crippen LogP contribution >= 0.6 is 0 Å². The van der Waals surface area contributed by atoms with E-state index in [2.05, 4.69) is 4.90 Å². The average Bonchev–Trinajstić information content (AvgIpc) is 2.18. The Morgan fingerprint density at radius 2 is 2.50 bits per heavy atom. The molecule has 2 atom stereocenters. The molecule has 1 rings (SSSR count). The minimum Gasteiger partial charge on any atom is -0.395 e. The number of ether oxygens (including phenoxy) is 1. The third-order valence-corrected chi connectivity index (χ3v) is 2.60. The van der Waals surface area contributed by atoms with Gasteiger partial charge in [0.05, 0.1) is 31.7 Å². The molecule has 0 radical (unpaired) electrons. The first-order chi connectivity index (χ1) is 6.65. The van der Waals surface area contributed by atoms with Gasteiger partial charge in [0.2, 0.25) is 0 Å². The van der Waals surface area contributed by atoms with Crippen LogP contribution in [0.15, 0.2) is 0 Å². The van der Waals surface area contributed by atoms with Gasteiger partial charge in [-0.25, -0.2) is 0 Å². The summed E-state index contributed by atoms with van der Waals surface area (Å²) in [5.41, 5.74) is 5.40. The molecule has 5 heteroatoms. The van der Waals surface area contributed by atoms with Gasteiger partial charge in [-0.1, -0.05) is 6.92 Å². The highest BCUT2D eigenvalue weighted by atomic mass is 16.5. The first kappa shape index (κ1) is 11.4. The fourth-order valence-electron chi connectivity index (χ4n) is 1.55. The van der Waals surface area contributed by atoms with E-state index in [0.29, 0.717) is 13.2 Å². The van der Waals surface area contributed by atoms with E-state index in [4.69, 9.17) is 21.0 Å². The number of rotatable bonds is 4. The van der Waals surface area contributed by atoms with Crippen LogP contribution in [-0.4, -0.2) is 54.8 Å². The molecular weight excluding hydrogens is 182 g/mol. The van der Waals surface area contributed by atoms with Gasteiger partial charge in [0.25, 0.3) is 0 Å². The maximum atomic E-state index is 9.11. The minimum absolute atomic E-state index is 0.0437. The first-order valence-electron chi connectivity index (χ1n) is 4.91. The Morgan fingerprint density at radius 1 is 1.79 bits per heavy atom. The second-order valence-corrected chi connectivity index (χ2v) is 3.76. The number of nitrogens with one attached hydrogen (secondary N) is 1. The zero-order valence-corrected chi connectivity index (χ0v) is 8.57. The van der Waals surface area contributed by atoms with Gasteiger partial charge in [-0.2, -0.15) is 0 Å². The van der Waals surface area contributed by atoms with E-state index in [1.807, 2.05) is 6.92 Å². The first-order valence-corrected chi connectivity index (χ1v) is 4.91. The normalized spacial score (nSPS) is 26.0. The van der Waals surface area contributed by atoms with Crippen LogP contribution in [0.4, 0.5) is 0 Å². The van der Waals surface area contributed by atoms with Crippen molar-refractivity contribution in [3.05, 3.63) is 0 Å². The molecule has 1 fully saturated rings. The van der Waals surface area contributed by atoms with E-state index in [0.717, 1.165) is 13.1 Å². The monoisotopic (exact) mass is 201 g/mol. The van der Waals surface area contributed by atoms with E-state index in [1.54, 1.807) is 0 Å². The van der Waals surface area contributed by atoms with Crippen LogP contribution in [0.25, 0.3) is 0 Å². The topological polar surface area (TPSA) is 82.6 Å². The molecule has 1 aliphatic rings. The summed E-state index contributed by atoms with van der Waals surface area (Å²) in [5, 5.41) is 16.4. The van der Waals surface area contributed by atoms with Gasteiger partial charge in [-0.05, 0) is 0 Å². The quantitative estimate of drug-likeness (QED) is 0.413. The van der Waals surface area contributed by atoms with Crippen molar-refractivity contribution in [2.75, 3.05) is 32.9 Å². The van der Waals surface area contributed by atoms with Crippen molar-refractivity contribution >= 4 is 5.84 Å². The summed E-state index contributed by atoms with van der Waals surface area (Å²) in [6.45, 7) is 4.83. The third-order valence-electron chi connectivity index (χ3n) is 2.60. The molecule has 4 N–H and O–H groups in total. The second-order valence-electron chi connectivity index (χ2n) is 3.76. The van der Waals surface area contributed by atoms with Crippen molar-refractivity contribution in [1.29, 1.82) is 5.41 Å². The van der Waals surface area contributed by atoms with Crippen LogP contribution in [0, 0.1) is 11.3 Å². The summed E-state index contributed by atoms with van der Waals surface area (Å²) < 4.78 is 5.26. The number of morpholine rings is 1. The van der Waals surface area contributed by atoms with E-state index in [9.17, 15) is 0 Å². The van der Waals surface area contributed by atoms with Gasteiger partial charge in [-0.3, -0.25) is 10.3 Å². The van der Waals surface area contributed by atoms with Crippen LogP contribution in [0.1, 0.15) is 6.92 Å². The van der Waals surface area contributed by atoms with Crippen molar-refractivity contribution in [1.82, 2.24) is 4.90 Å². The minimum atomic E-state index is 0.0437. The van der Waals surface area contributed by atoms with Gasteiger partial charge in [0.1, 0.15) is 0 Å². The number of amidine groups is 1. The number of nitrogens with two attached hydrogens (primary N) is 1. The summed E-state index contributed by atoms with van der Waals surface area (Å²) in [6, 6.07) is 0.0607. The summed E-state index contributed by atoms with van der Waals surface area (Å²) in [5.74, 6) is 0.246. The molecule has 1 saturated heterocycles. The molecule has 0 aromatic rings. The van der Waals surface area contributed by atoms with Crippen LogP contribution in [-0.2, 0) is 4.74 Å². The summed E-state index contributed by atoms with van der Waals surface area (Å²) in [6.07, 6.45) is 0. The molecule has 5 nitrogen and oxygen atoms in total. The van der Waals surface area contributed by atoms with Gasteiger partial charge in [0.15, 0.2) is 0 Å². The lowest BCUT2D eigenvalue weighted by molar-refractivity contribution is -0.0297. The SMILES string of the molecule is CC(CN1CCOCC1CO)C(=N)N. The van der Waals surface area contributed by atoms with Crippen LogP contribution < -0.4 is 5.73 Å². The van der Waals surface area contributed by atoms with Crippen molar-refractivity contribution in [3.8, 4) is 0 Å². The molecule has 0 bridgehead atoms. The molecule has 0 spiro atoms.